The minimum absolute atomic E-state index is 0. The van der Waals surface area contributed by atoms with E-state index in [1.165, 1.54) is 0 Å². The standard InChI is InChI=1S/C13H18ClNO2.ClH/c1-16-12-8-10(2-3-11(12)14)13(15)9-4-6-17-7-5-9;/h2-3,8-9,13H,4-7,15H2,1H3;1H/t13-;/m1./s1. The van der Waals surface area contributed by atoms with E-state index in [1.54, 1.807) is 7.11 Å². The summed E-state index contributed by atoms with van der Waals surface area (Å²) < 4.78 is 10.6. The van der Waals surface area contributed by atoms with Gasteiger partial charge in [-0.1, -0.05) is 17.7 Å². The summed E-state index contributed by atoms with van der Waals surface area (Å²) >= 11 is 6.00. The van der Waals surface area contributed by atoms with Crippen LogP contribution in [0.25, 0.3) is 0 Å². The summed E-state index contributed by atoms with van der Waals surface area (Å²) in [6.07, 6.45) is 2.04. The molecule has 0 amide bonds. The molecule has 0 unspecified atom stereocenters. The van der Waals surface area contributed by atoms with E-state index in [9.17, 15) is 0 Å². The molecule has 18 heavy (non-hydrogen) atoms. The molecule has 2 N–H and O–H groups in total. The molecule has 5 heteroatoms. The molecule has 1 aliphatic rings. The monoisotopic (exact) mass is 291 g/mol. The lowest BCUT2D eigenvalue weighted by molar-refractivity contribution is 0.0583. The van der Waals surface area contributed by atoms with Crippen LogP contribution in [0.5, 0.6) is 5.75 Å². The fourth-order valence-corrected chi connectivity index (χ4v) is 2.43. The zero-order valence-electron chi connectivity index (χ0n) is 10.4. The Kier molecular flexibility index (Phi) is 6.22. The molecule has 0 bridgehead atoms. The molecule has 0 aromatic heterocycles. The van der Waals surface area contributed by atoms with Gasteiger partial charge in [-0.05, 0) is 36.5 Å². The Hall–Kier alpha value is -0.480. The van der Waals surface area contributed by atoms with E-state index < -0.39 is 0 Å². The third kappa shape index (κ3) is 3.51. The van der Waals surface area contributed by atoms with E-state index in [2.05, 4.69) is 0 Å². The van der Waals surface area contributed by atoms with Crippen molar-refractivity contribution >= 4 is 24.0 Å². The van der Waals surface area contributed by atoms with Gasteiger partial charge in [-0.2, -0.15) is 0 Å². The van der Waals surface area contributed by atoms with Crippen LogP contribution >= 0.6 is 24.0 Å². The number of benzene rings is 1. The van der Waals surface area contributed by atoms with Gasteiger partial charge in [-0.25, -0.2) is 0 Å². The fourth-order valence-electron chi connectivity index (χ4n) is 2.23. The van der Waals surface area contributed by atoms with Gasteiger partial charge in [0.25, 0.3) is 0 Å². The van der Waals surface area contributed by atoms with Gasteiger partial charge in [0.05, 0.1) is 12.1 Å². The van der Waals surface area contributed by atoms with Crippen molar-refractivity contribution in [1.29, 1.82) is 0 Å². The van der Waals surface area contributed by atoms with E-state index in [0.717, 1.165) is 31.6 Å². The van der Waals surface area contributed by atoms with Gasteiger partial charge >= 0.3 is 0 Å². The number of nitrogens with two attached hydrogens (primary N) is 1. The summed E-state index contributed by atoms with van der Waals surface area (Å²) in [7, 11) is 1.62. The van der Waals surface area contributed by atoms with Crippen molar-refractivity contribution in [2.75, 3.05) is 20.3 Å². The third-order valence-electron chi connectivity index (χ3n) is 3.33. The maximum atomic E-state index is 6.29. The second-order valence-electron chi connectivity index (χ2n) is 4.37. The van der Waals surface area contributed by atoms with Gasteiger partial charge in [0, 0.05) is 19.3 Å². The van der Waals surface area contributed by atoms with Crippen LogP contribution in [0.4, 0.5) is 0 Å². The fraction of sp³-hybridized carbons (Fsp3) is 0.538. The Labute approximate surface area is 119 Å². The SMILES string of the molecule is COc1cc([C@H](N)C2CCOCC2)ccc1Cl.Cl. The average molecular weight is 292 g/mol. The van der Waals surface area contributed by atoms with E-state index in [0.29, 0.717) is 16.7 Å². The first-order chi connectivity index (χ1) is 8.22. The maximum Gasteiger partial charge on any atom is 0.137 e. The summed E-state index contributed by atoms with van der Waals surface area (Å²) in [5, 5.41) is 0.621. The van der Waals surface area contributed by atoms with Crippen molar-refractivity contribution in [3.8, 4) is 5.75 Å². The van der Waals surface area contributed by atoms with E-state index in [4.69, 9.17) is 26.8 Å². The molecule has 1 aromatic rings. The van der Waals surface area contributed by atoms with Crippen molar-refractivity contribution in [2.24, 2.45) is 11.7 Å². The van der Waals surface area contributed by atoms with E-state index in [1.807, 2.05) is 18.2 Å². The molecule has 2 rings (SSSR count). The van der Waals surface area contributed by atoms with Crippen LogP contribution in [0.1, 0.15) is 24.4 Å². The lowest BCUT2D eigenvalue weighted by Gasteiger charge is -2.28. The molecule has 102 valence electrons. The Morgan fingerprint density at radius 3 is 2.67 bits per heavy atom. The Morgan fingerprint density at radius 1 is 1.39 bits per heavy atom. The predicted octanol–water partition coefficient (Wildman–Crippen LogP) is 3.20. The summed E-state index contributed by atoms with van der Waals surface area (Å²) in [6.45, 7) is 1.62. The quantitative estimate of drug-likeness (QED) is 0.930. The molecule has 1 heterocycles. The molecule has 1 aromatic carbocycles. The molecule has 0 aliphatic carbocycles. The van der Waals surface area contributed by atoms with Crippen molar-refractivity contribution in [1.82, 2.24) is 0 Å². The van der Waals surface area contributed by atoms with Gasteiger partial charge in [0.1, 0.15) is 5.75 Å². The normalized spacial score (nSPS) is 17.9. The van der Waals surface area contributed by atoms with Crippen LogP contribution in [-0.4, -0.2) is 20.3 Å². The molecular weight excluding hydrogens is 273 g/mol. The predicted molar refractivity (Wildman–Crippen MR) is 75.7 cm³/mol. The van der Waals surface area contributed by atoms with E-state index >= 15 is 0 Å². The molecular formula is C13H19Cl2NO2. The average Bonchev–Trinajstić information content (AvgIpc) is 2.39. The van der Waals surface area contributed by atoms with Gasteiger partial charge < -0.3 is 15.2 Å². The minimum atomic E-state index is 0. The van der Waals surface area contributed by atoms with Crippen LogP contribution < -0.4 is 10.5 Å². The van der Waals surface area contributed by atoms with Gasteiger partial charge in [0.15, 0.2) is 0 Å². The lowest BCUT2D eigenvalue weighted by Crippen LogP contribution is -2.27. The Morgan fingerprint density at radius 2 is 2.06 bits per heavy atom. The first kappa shape index (κ1) is 15.6. The molecule has 3 nitrogen and oxygen atoms in total. The first-order valence-electron chi connectivity index (χ1n) is 5.89. The van der Waals surface area contributed by atoms with Crippen molar-refractivity contribution < 1.29 is 9.47 Å². The largest absolute Gasteiger partial charge is 0.495 e. The van der Waals surface area contributed by atoms with Crippen LogP contribution in [0.2, 0.25) is 5.02 Å². The molecule has 1 aliphatic heterocycles. The Bertz CT molecular complexity index is 381. The number of rotatable bonds is 3. The van der Waals surface area contributed by atoms with Gasteiger partial charge in [-0.3, -0.25) is 0 Å². The Balaban J connectivity index is 0.00000162. The highest BCUT2D eigenvalue weighted by Crippen LogP contribution is 2.32. The summed E-state index contributed by atoms with van der Waals surface area (Å²) in [4.78, 5) is 0. The van der Waals surface area contributed by atoms with Crippen LogP contribution in [0.3, 0.4) is 0 Å². The number of hydrogen-bond donors (Lipinski definition) is 1. The van der Waals surface area contributed by atoms with Crippen molar-refractivity contribution in [2.45, 2.75) is 18.9 Å². The maximum absolute atomic E-state index is 6.29. The number of methoxy groups -OCH3 is 1. The molecule has 1 saturated heterocycles. The minimum Gasteiger partial charge on any atom is -0.495 e. The van der Waals surface area contributed by atoms with Crippen LogP contribution in [-0.2, 0) is 4.74 Å². The second kappa shape index (κ2) is 7.19. The smallest absolute Gasteiger partial charge is 0.137 e. The zero-order chi connectivity index (χ0) is 12.3. The molecule has 0 saturated carbocycles. The highest BCUT2D eigenvalue weighted by molar-refractivity contribution is 6.32. The van der Waals surface area contributed by atoms with E-state index in [-0.39, 0.29) is 18.4 Å². The molecule has 0 spiro atoms. The number of ether oxygens (including phenoxy) is 2. The van der Waals surface area contributed by atoms with Gasteiger partial charge in [0.2, 0.25) is 0 Å². The summed E-state index contributed by atoms with van der Waals surface area (Å²) in [6, 6.07) is 5.78. The molecule has 1 fully saturated rings. The number of halogens is 2. The second-order valence-corrected chi connectivity index (χ2v) is 4.78. The first-order valence-corrected chi connectivity index (χ1v) is 6.27. The highest BCUT2D eigenvalue weighted by atomic mass is 35.5. The van der Waals surface area contributed by atoms with Crippen LogP contribution in [0, 0.1) is 5.92 Å². The zero-order valence-corrected chi connectivity index (χ0v) is 12.0. The molecule has 1 atom stereocenters. The molecule has 0 radical (unpaired) electrons. The summed E-state index contributed by atoms with van der Waals surface area (Å²) in [5.41, 5.74) is 7.37. The number of hydrogen-bond acceptors (Lipinski definition) is 3. The summed E-state index contributed by atoms with van der Waals surface area (Å²) in [5.74, 6) is 1.17. The topological polar surface area (TPSA) is 44.5 Å². The van der Waals surface area contributed by atoms with Crippen LogP contribution in [0.15, 0.2) is 18.2 Å². The van der Waals surface area contributed by atoms with Gasteiger partial charge in [-0.15, -0.1) is 12.4 Å². The van der Waals surface area contributed by atoms with Crippen molar-refractivity contribution in [3.63, 3.8) is 0 Å². The highest BCUT2D eigenvalue weighted by Gasteiger charge is 2.22. The van der Waals surface area contributed by atoms with Crippen molar-refractivity contribution in [3.05, 3.63) is 28.8 Å². The lowest BCUT2D eigenvalue weighted by atomic mass is 9.88. The third-order valence-corrected chi connectivity index (χ3v) is 3.65.